The summed E-state index contributed by atoms with van der Waals surface area (Å²) < 4.78 is 55.7. The zero-order valence-corrected chi connectivity index (χ0v) is 26.6. The lowest BCUT2D eigenvalue weighted by atomic mass is 9.92. The molecule has 0 spiro atoms. The van der Waals surface area contributed by atoms with Gasteiger partial charge in [-0.2, -0.15) is 0 Å². The third-order valence-electron chi connectivity index (χ3n) is 8.67. The van der Waals surface area contributed by atoms with Crippen LogP contribution in [0.2, 0.25) is 0 Å². The molecule has 0 saturated carbocycles. The van der Waals surface area contributed by atoms with Gasteiger partial charge in [0, 0.05) is 31.0 Å². The average Bonchev–Trinajstić information content (AvgIpc) is 3.49. The molecule has 2 aromatic rings. The molecule has 3 rings (SSSR count). The number of carbonyl (C=O) groups excluding carboxylic acids is 3. The van der Waals surface area contributed by atoms with Crippen LogP contribution in [0, 0.1) is 17.6 Å². The van der Waals surface area contributed by atoms with E-state index >= 15 is 0 Å². The van der Waals surface area contributed by atoms with E-state index < -0.39 is 90.5 Å². The molecule has 2 unspecified atom stereocenters. The normalized spacial score (nSPS) is 18.1. The number of hydrogen-bond acceptors (Lipinski definition) is 5. The van der Waals surface area contributed by atoms with Gasteiger partial charge in [0.05, 0.1) is 5.56 Å². The van der Waals surface area contributed by atoms with Crippen molar-refractivity contribution in [1.29, 1.82) is 0 Å². The fourth-order valence-corrected chi connectivity index (χ4v) is 5.98. The predicted octanol–water partition coefficient (Wildman–Crippen LogP) is 4.81. The Balaban J connectivity index is 1.76. The van der Waals surface area contributed by atoms with Crippen molar-refractivity contribution in [3.8, 4) is 0 Å². The van der Waals surface area contributed by atoms with Gasteiger partial charge in [0.1, 0.15) is 29.8 Å². The highest BCUT2D eigenvalue weighted by Crippen LogP contribution is 2.34. The van der Waals surface area contributed by atoms with E-state index in [-0.39, 0.29) is 24.8 Å². The van der Waals surface area contributed by atoms with Crippen LogP contribution in [0.5, 0.6) is 0 Å². The van der Waals surface area contributed by atoms with Crippen molar-refractivity contribution >= 4 is 23.7 Å². The average molecular weight is 666 g/mol. The molecular weight excluding hydrogens is 622 g/mol. The minimum absolute atomic E-state index is 0.104. The summed E-state index contributed by atoms with van der Waals surface area (Å²) in [4.78, 5) is 52.5. The van der Waals surface area contributed by atoms with Crippen molar-refractivity contribution in [3.05, 3.63) is 70.8 Å². The highest BCUT2D eigenvalue weighted by atomic mass is 19.3. The second-order valence-corrected chi connectivity index (χ2v) is 11.9. The van der Waals surface area contributed by atoms with Gasteiger partial charge < -0.3 is 25.7 Å². The van der Waals surface area contributed by atoms with E-state index in [2.05, 4.69) is 10.6 Å². The fraction of sp³-hybridized carbons (Fsp3) is 0.529. The number of nitrogens with one attached hydrogen (secondary N) is 2. The molecule has 0 bridgehead atoms. The summed E-state index contributed by atoms with van der Waals surface area (Å²) in [7, 11) is 0. The smallest absolute Gasteiger partial charge is 0.335 e. The number of carboxylic acids is 1. The van der Waals surface area contributed by atoms with Crippen molar-refractivity contribution in [2.45, 2.75) is 95.7 Å². The van der Waals surface area contributed by atoms with E-state index in [0.29, 0.717) is 25.0 Å². The van der Waals surface area contributed by atoms with Crippen LogP contribution in [-0.4, -0.2) is 76.5 Å². The SMILES string of the molecule is CCCCCC(CC)C(O)C(=O)N1C[C@H](c2ccccc2)C[C@H]1C(=O)N[C@@H](CC(F)F)C(=O)NCCc1c(F)cc(C(=O)O)cc1F. The molecule has 0 aliphatic carbocycles. The number of aromatic carboxylic acids is 1. The molecule has 1 aliphatic rings. The molecule has 9 nitrogen and oxygen atoms in total. The van der Waals surface area contributed by atoms with Crippen molar-refractivity contribution < 1.29 is 47.0 Å². The van der Waals surface area contributed by atoms with Gasteiger partial charge in [-0.15, -0.1) is 0 Å². The lowest BCUT2D eigenvalue weighted by Gasteiger charge is -2.30. The Kier molecular flexibility index (Phi) is 14.2. The second-order valence-electron chi connectivity index (χ2n) is 11.9. The van der Waals surface area contributed by atoms with E-state index in [1.54, 1.807) is 0 Å². The Morgan fingerprint density at radius 1 is 1.02 bits per heavy atom. The first-order valence-corrected chi connectivity index (χ1v) is 16.0. The second kappa shape index (κ2) is 17.8. The number of rotatable bonds is 17. The topological polar surface area (TPSA) is 136 Å². The van der Waals surface area contributed by atoms with E-state index in [1.807, 2.05) is 44.2 Å². The van der Waals surface area contributed by atoms with Gasteiger partial charge in [-0.05, 0) is 42.9 Å². The van der Waals surface area contributed by atoms with Gasteiger partial charge in [0.25, 0.3) is 5.91 Å². The van der Waals surface area contributed by atoms with E-state index in [0.717, 1.165) is 24.8 Å². The third kappa shape index (κ3) is 10.2. The number of likely N-dealkylation sites (tertiary alicyclic amines) is 1. The third-order valence-corrected chi connectivity index (χ3v) is 8.67. The van der Waals surface area contributed by atoms with Crippen LogP contribution in [0.3, 0.4) is 0 Å². The summed E-state index contributed by atoms with van der Waals surface area (Å²) in [6, 6.07) is 7.50. The predicted molar refractivity (Wildman–Crippen MR) is 166 cm³/mol. The highest BCUT2D eigenvalue weighted by Gasteiger charge is 2.44. The monoisotopic (exact) mass is 665 g/mol. The van der Waals surface area contributed by atoms with Crippen LogP contribution in [-0.2, 0) is 20.8 Å². The molecule has 1 aliphatic heterocycles. The van der Waals surface area contributed by atoms with Crippen LogP contribution in [0.4, 0.5) is 17.6 Å². The number of halogens is 4. The molecule has 1 fully saturated rings. The number of unbranched alkanes of at least 4 members (excludes halogenated alkanes) is 2. The number of aliphatic hydroxyl groups is 1. The van der Waals surface area contributed by atoms with Crippen LogP contribution in [0.1, 0.15) is 86.2 Å². The fourth-order valence-electron chi connectivity index (χ4n) is 5.98. The summed E-state index contributed by atoms with van der Waals surface area (Å²) in [5.41, 5.74) is -0.256. The first-order valence-electron chi connectivity index (χ1n) is 16.0. The Morgan fingerprint density at radius 3 is 2.26 bits per heavy atom. The molecule has 3 amide bonds. The van der Waals surface area contributed by atoms with Gasteiger partial charge >= 0.3 is 5.97 Å². The molecular formula is C34H43F4N3O6. The molecule has 47 heavy (non-hydrogen) atoms. The lowest BCUT2D eigenvalue weighted by molar-refractivity contribution is -0.148. The minimum Gasteiger partial charge on any atom is -0.478 e. The van der Waals surface area contributed by atoms with E-state index in [9.17, 15) is 41.8 Å². The number of carboxylic acid groups (broad SMARTS) is 1. The maximum absolute atomic E-state index is 14.3. The van der Waals surface area contributed by atoms with Crippen molar-refractivity contribution in [2.75, 3.05) is 13.1 Å². The van der Waals surface area contributed by atoms with Crippen LogP contribution in [0.15, 0.2) is 42.5 Å². The summed E-state index contributed by atoms with van der Waals surface area (Å²) in [6.07, 6.45) is -1.82. The number of carbonyl (C=O) groups is 4. The zero-order valence-electron chi connectivity index (χ0n) is 26.6. The zero-order chi connectivity index (χ0) is 34.7. The van der Waals surface area contributed by atoms with Crippen molar-refractivity contribution in [2.24, 2.45) is 5.92 Å². The Hall–Kier alpha value is -4.00. The van der Waals surface area contributed by atoms with Crippen LogP contribution >= 0.6 is 0 Å². The number of aliphatic hydroxyl groups excluding tert-OH is 1. The maximum atomic E-state index is 14.3. The molecule has 2 aromatic carbocycles. The number of amides is 3. The Labute approximate surface area is 271 Å². The lowest BCUT2D eigenvalue weighted by Crippen LogP contribution is -2.55. The molecule has 0 aromatic heterocycles. The number of hydrogen-bond donors (Lipinski definition) is 4. The molecule has 1 saturated heterocycles. The summed E-state index contributed by atoms with van der Waals surface area (Å²) in [6.45, 7) is 3.62. The van der Waals surface area contributed by atoms with Crippen LogP contribution < -0.4 is 10.6 Å². The van der Waals surface area contributed by atoms with Gasteiger partial charge in [-0.25, -0.2) is 22.4 Å². The Morgan fingerprint density at radius 2 is 1.68 bits per heavy atom. The first kappa shape index (κ1) is 37.5. The molecule has 0 radical (unpaired) electrons. The van der Waals surface area contributed by atoms with Crippen molar-refractivity contribution in [1.82, 2.24) is 15.5 Å². The Bertz CT molecular complexity index is 1360. The molecule has 1 heterocycles. The van der Waals surface area contributed by atoms with Crippen LogP contribution in [0.25, 0.3) is 0 Å². The van der Waals surface area contributed by atoms with Gasteiger partial charge in [0.15, 0.2) is 0 Å². The summed E-state index contributed by atoms with van der Waals surface area (Å²) in [5, 5.41) is 24.7. The largest absolute Gasteiger partial charge is 0.478 e. The number of alkyl halides is 2. The molecule has 13 heteroatoms. The van der Waals surface area contributed by atoms with Gasteiger partial charge in [-0.3, -0.25) is 14.4 Å². The first-order chi connectivity index (χ1) is 22.4. The standard InChI is InChI=1S/C34H43F4N3O6/c1-3-5-7-10-20(4-2)30(42)33(45)41-19-23(21-11-8-6-9-12-21)17-28(41)32(44)40-27(18-29(37)38)31(43)39-14-13-24-25(35)15-22(34(46)47)16-26(24)36/h6,8-9,11-12,15-16,20,23,27-30,42H,3-5,7,10,13-14,17-19H2,1-2H3,(H,39,43)(H,40,44)(H,46,47)/t20?,23-,27+,28+,30?/m1/s1. The summed E-state index contributed by atoms with van der Waals surface area (Å²) in [5.74, 6) is -6.96. The summed E-state index contributed by atoms with van der Waals surface area (Å²) >= 11 is 0. The van der Waals surface area contributed by atoms with E-state index in [1.165, 1.54) is 4.90 Å². The van der Waals surface area contributed by atoms with E-state index in [4.69, 9.17) is 5.11 Å². The molecule has 4 N–H and O–H groups in total. The quantitative estimate of drug-likeness (QED) is 0.142. The number of nitrogens with zero attached hydrogens (tertiary/aromatic N) is 1. The highest BCUT2D eigenvalue weighted by molar-refractivity contribution is 5.93. The van der Waals surface area contributed by atoms with Gasteiger partial charge in [0.2, 0.25) is 18.2 Å². The van der Waals surface area contributed by atoms with Gasteiger partial charge in [-0.1, -0.05) is 69.9 Å². The van der Waals surface area contributed by atoms with Crippen molar-refractivity contribution in [3.63, 3.8) is 0 Å². The maximum Gasteiger partial charge on any atom is 0.335 e. The molecule has 5 atom stereocenters. The number of benzene rings is 2. The minimum atomic E-state index is -3.00. The molecule has 258 valence electrons.